The zero-order valence-corrected chi connectivity index (χ0v) is 30.3. The predicted molar refractivity (Wildman–Crippen MR) is 195 cm³/mol. The molecule has 0 aliphatic heterocycles. The van der Waals surface area contributed by atoms with Crippen LogP contribution in [0.5, 0.6) is 11.5 Å². The molecule has 49 heavy (non-hydrogen) atoms. The Balaban J connectivity index is 1.90. The molecular formula is C39H58N2O8. The number of hydrogen-bond acceptors (Lipinski definition) is 8. The van der Waals surface area contributed by atoms with Gasteiger partial charge in [-0.1, -0.05) is 95.3 Å². The fourth-order valence-electron chi connectivity index (χ4n) is 5.15. The van der Waals surface area contributed by atoms with Crippen LogP contribution < -0.4 is 20.1 Å². The van der Waals surface area contributed by atoms with Gasteiger partial charge in [-0.25, -0.2) is 9.59 Å². The van der Waals surface area contributed by atoms with Crippen LogP contribution in [-0.2, 0) is 18.9 Å². The Morgan fingerprint density at radius 3 is 1.51 bits per heavy atom. The van der Waals surface area contributed by atoms with Crippen LogP contribution >= 0.6 is 0 Å². The Kier molecular flexibility index (Phi) is 18.5. The molecule has 0 bridgehead atoms. The third-order valence-corrected chi connectivity index (χ3v) is 7.95. The number of amides is 2. The molecule has 0 spiro atoms. The summed E-state index contributed by atoms with van der Waals surface area (Å²) in [5, 5.41) is 9.05. The van der Waals surface area contributed by atoms with Gasteiger partial charge in [0.05, 0.1) is 13.2 Å². The second-order valence-corrected chi connectivity index (χ2v) is 12.3. The SMILES string of the molecule is CCCCNC(=O)OC(COCCCC)COc1c2ccccc2c(OCC(COCCCC)OC(=O)NCCCC)c2cc(C)ccc12. The number of rotatable bonds is 24. The number of carbonyl (C=O) groups excluding carboxylic acids is 2. The fraction of sp³-hybridized carbons (Fsp3) is 0.590. The number of aryl methyl sites for hydroxylation is 1. The van der Waals surface area contributed by atoms with Crippen molar-refractivity contribution in [3.63, 3.8) is 0 Å². The molecule has 2 N–H and O–H groups in total. The lowest BCUT2D eigenvalue weighted by atomic mass is 9.99. The highest BCUT2D eigenvalue weighted by molar-refractivity contribution is 6.11. The molecule has 10 heteroatoms. The molecular weight excluding hydrogens is 624 g/mol. The van der Waals surface area contributed by atoms with Gasteiger partial charge in [-0.2, -0.15) is 0 Å². The van der Waals surface area contributed by atoms with Crippen LogP contribution in [0.25, 0.3) is 21.5 Å². The summed E-state index contributed by atoms with van der Waals surface area (Å²) in [7, 11) is 0. The van der Waals surface area contributed by atoms with E-state index in [4.69, 9.17) is 28.4 Å². The van der Waals surface area contributed by atoms with Crippen LogP contribution in [0.4, 0.5) is 9.59 Å². The van der Waals surface area contributed by atoms with E-state index in [0.29, 0.717) is 37.8 Å². The van der Waals surface area contributed by atoms with Gasteiger partial charge in [0.2, 0.25) is 0 Å². The summed E-state index contributed by atoms with van der Waals surface area (Å²) >= 11 is 0. The number of unbranched alkanes of at least 4 members (excludes halogenated alkanes) is 4. The molecule has 0 saturated carbocycles. The minimum atomic E-state index is -0.609. The van der Waals surface area contributed by atoms with Crippen molar-refractivity contribution in [1.82, 2.24) is 10.6 Å². The van der Waals surface area contributed by atoms with Crippen molar-refractivity contribution in [2.24, 2.45) is 0 Å². The van der Waals surface area contributed by atoms with E-state index in [1.807, 2.05) is 43.3 Å². The molecule has 3 rings (SSSR count). The van der Waals surface area contributed by atoms with Gasteiger partial charge in [0.25, 0.3) is 0 Å². The number of benzene rings is 3. The Morgan fingerprint density at radius 1 is 0.592 bits per heavy atom. The summed E-state index contributed by atoms with van der Waals surface area (Å²) in [5.74, 6) is 1.33. The largest absolute Gasteiger partial charge is 0.488 e. The van der Waals surface area contributed by atoms with E-state index < -0.39 is 24.4 Å². The highest BCUT2D eigenvalue weighted by atomic mass is 16.6. The number of alkyl carbamates (subject to hydrolysis) is 2. The first kappa shape index (κ1) is 39.7. The zero-order chi connectivity index (χ0) is 35.3. The Morgan fingerprint density at radius 2 is 1.04 bits per heavy atom. The molecule has 272 valence electrons. The standard InChI is InChI=1S/C39H58N2O8/c1-6-10-20-40-38(42)48-30(25-44-22-12-8-3)27-46-36-32-16-14-15-17-33(32)37(35-24-29(5)18-19-34(35)36)47-28-31(26-45-23-13-9-4)49-39(43)41-21-11-7-2/h14-19,24,30-31H,6-13,20-23,25-28H2,1-5H3,(H,40,42)(H,41,43). The van der Waals surface area contributed by atoms with Crippen LogP contribution in [-0.4, -0.2) is 77.1 Å². The van der Waals surface area contributed by atoms with Crippen LogP contribution in [0.1, 0.15) is 84.6 Å². The first-order chi connectivity index (χ1) is 23.9. The van der Waals surface area contributed by atoms with Crippen LogP contribution in [0.15, 0.2) is 42.5 Å². The second-order valence-electron chi connectivity index (χ2n) is 12.3. The van der Waals surface area contributed by atoms with Crippen molar-refractivity contribution in [1.29, 1.82) is 0 Å². The van der Waals surface area contributed by atoms with E-state index in [1.54, 1.807) is 0 Å². The number of nitrogens with one attached hydrogen (secondary N) is 2. The first-order valence-corrected chi connectivity index (χ1v) is 18.2. The molecule has 0 aliphatic rings. The Bertz CT molecular complexity index is 1410. The maximum absolute atomic E-state index is 12.6. The number of carbonyl (C=O) groups is 2. The van der Waals surface area contributed by atoms with Gasteiger partial charge >= 0.3 is 12.2 Å². The molecule has 0 aliphatic carbocycles. The van der Waals surface area contributed by atoms with Gasteiger partial charge in [-0.05, 0) is 38.7 Å². The van der Waals surface area contributed by atoms with E-state index in [2.05, 4.69) is 44.4 Å². The molecule has 0 radical (unpaired) electrons. The average Bonchev–Trinajstić information content (AvgIpc) is 3.09. The fourth-order valence-corrected chi connectivity index (χ4v) is 5.15. The van der Waals surface area contributed by atoms with Gasteiger partial charge in [0.15, 0.2) is 12.2 Å². The smallest absolute Gasteiger partial charge is 0.407 e. The Labute approximate surface area is 292 Å². The third-order valence-electron chi connectivity index (χ3n) is 7.95. The summed E-state index contributed by atoms with van der Waals surface area (Å²) in [5.41, 5.74) is 1.05. The molecule has 2 amide bonds. The van der Waals surface area contributed by atoms with Gasteiger partial charge in [0.1, 0.15) is 24.7 Å². The lowest BCUT2D eigenvalue weighted by molar-refractivity contribution is -0.00222. The lowest BCUT2D eigenvalue weighted by Gasteiger charge is -2.23. The third kappa shape index (κ3) is 13.6. The van der Waals surface area contributed by atoms with E-state index in [9.17, 15) is 9.59 Å². The molecule has 0 saturated heterocycles. The van der Waals surface area contributed by atoms with Crippen molar-refractivity contribution in [3.8, 4) is 11.5 Å². The molecule has 0 heterocycles. The van der Waals surface area contributed by atoms with Crippen molar-refractivity contribution in [3.05, 3.63) is 48.0 Å². The lowest BCUT2D eigenvalue weighted by Crippen LogP contribution is -2.35. The van der Waals surface area contributed by atoms with Gasteiger partial charge < -0.3 is 39.1 Å². The molecule has 0 aromatic heterocycles. The van der Waals surface area contributed by atoms with E-state index in [-0.39, 0.29) is 26.4 Å². The predicted octanol–water partition coefficient (Wildman–Crippen LogP) is 8.48. The number of ether oxygens (including phenoxy) is 6. The molecule has 10 nitrogen and oxygen atoms in total. The van der Waals surface area contributed by atoms with Crippen LogP contribution in [0.3, 0.4) is 0 Å². The van der Waals surface area contributed by atoms with Gasteiger partial charge in [0, 0.05) is 47.8 Å². The summed E-state index contributed by atoms with van der Waals surface area (Å²) in [6.07, 6.45) is 5.38. The van der Waals surface area contributed by atoms with Crippen molar-refractivity contribution >= 4 is 33.7 Å². The summed E-state index contributed by atoms with van der Waals surface area (Å²) in [6.45, 7) is 13.3. The van der Waals surface area contributed by atoms with E-state index in [1.165, 1.54) is 0 Å². The highest BCUT2D eigenvalue weighted by Crippen LogP contribution is 2.43. The second kappa shape index (κ2) is 22.8. The maximum Gasteiger partial charge on any atom is 0.407 e. The van der Waals surface area contributed by atoms with Crippen molar-refractivity contribution in [2.45, 2.75) is 98.2 Å². The van der Waals surface area contributed by atoms with Gasteiger partial charge in [-0.3, -0.25) is 0 Å². The number of fused-ring (bicyclic) bond motifs is 2. The summed E-state index contributed by atoms with van der Waals surface area (Å²) in [4.78, 5) is 25.2. The average molecular weight is 683 g/mol. The summed E-state index contributed by atoms with van der Waals surface area (Å²) < 4.78 is 36.3. The van der Waals surface area contributed by atoms with Crippen LogP contribution in [0, 0.1) is 6.92 Å². The topological polar surface area (TPSA) is 114 Å². The highest BCUT2D eigenvalue weighted by Gasteiger charge is 2.22. The molecule has 2 unspecified atom stereocenters. The van der Waals surface area contributed by atoms with Crippen molar-refractivity contribution in [2.75, 3.05) is 52.7 Å². The van der Waals surface area contributed by atoms with Gasteiger partial charge in [-0.15, -0.1) is 0 Å². The maximum atomic E-state index is 12.6. The minimum Gasteiger partial charge on any atom is -0.488 e. The van der Waals surface area contributed by atoms with Crippen molar-refractivity contribution < 1.29 is 38.0 Å². The molecule has 3 aromatic rings. The Hall–Kier alpha value is -3.76. The van der Waals surface area contributed by atoms with E-state index in [0.717, 1.165) is 78.5 Å². The number of hydrogen-bond donors (Lipinski definition) is 2. The first-order valence-electron chi connectivity index (χ1n) is 18.2. The van der Waals surface area contributed by atoms with E-state index >= 15 is 0 Å². The zero-order valence-electron chi connectivity index (χ0n) is 30.3. The molecule has 2 atom stereocenters. The molecule has 0 fully saturated rings. The quantitative estimate of drug-likeness (QED) is 0.0715. The monoisotopic (exact) mass is 682 g/mol. The normalized spacial score (nSPS) is 12.4. The summed E-state index contributed by atoms with van der Waals surface area (Å²) in [6, 6.07) is 14.0. The van der Waals surface area contributed by atoms with Crippen LogP contribution in [0.2, 0.25) is 0 Å². The molecule has 3 aromatic carbocycles. The minimum absolute atomic E-state index is 0.110.